The molecular weight excluding hydrogens is 297 g/mol. The molecule has 0 aliphatic carbocycles. The highest BCUT2D eigenvalue weighted by molar-refractivity contribution is 6.42. The Balaban J connectivity index is 2.39. The molecule has 0 radical (unpaired) electrons. The number of rotatable bonds is 2. The Labute approximate surface area is 129 Å². The highest BCUT2D eigenvalue weighted by Gasteiger charge is 2.45. The van der Waals surface area contributed by atoms with Crippen LogP contribution < -0.4 is 5.32 Å². The highest BCUT2D eigenvalue weighted by Crippen LogP contribution is 2.36. The molecule has 1 atom stereocenters. The summed E-state index contributed by atoms with van der Waals surface area (Å²) < 4.78 is 5.59. The van der Waals surface area contributed by atoms with Gasteiger partial charge in [-0.2, -0.15) is 0 Å². The molecule has 2 rings (SSSR count). The summed E-state index contributed by atoms with van der Waals surface area (Å²) in [6, 6.07) is 5.34. The van der Waals surface area contributed by atoms with Gasteiger partial charge >= 0.3 is 5.97 Å². The summed E-state index contributed by atoms with van der Waals surface area (Å²) in [6.07, 6.45) is 0.694. The molecule has 0 spiro atoms. The third-order valence-electron chi connectivity index (χ3n) is 3.42. The van der Waals surface area contributed by atoms with Crippen molar-refractivity contribution >= 4 is 29.2 Å². The molecule has 1 unspecified atom stereocenters. The van der Waals surface area contributed by atoms with E-state index in [1.165, 1.54) is 0 Å². The third-order valence-corrected chi connectivity index (χ3v) is 4.16. The predicted octanol–water partition coefficient (Wildman–Crippen LogP) is 3.57. The number of benzene rings is 1. The number of ether oxygens (including phenoxy) is 1. The van der Waals surface area contributed by atoms with Gasteiger partial charge in [-0.15, -0.1) is 0 Å². The van der Waals surface area contributed by atoms with Crippen LogP contribution in [0.25, 0.3) is 0 Å². The molecule has 1 heterocycles. The minimum Gasteiger partial charge on any atom is -0.459 e. The normalized spacial score (nSPS) is 22.9. The van der Waals surface area contributed by atoms with Crippen molar-refractivity contribution in [3.8, 4) is 0 Å². The summed E-state index contributed by atoms with van der Waals surface area (Å²) in [4.78, 5) is 12.6. The first-order valence-electron chi connectivity index (χ1n) is 6.64. The van der Waals surface area contributed by atoms with Gasteiger partial charge in [-0.25, -0.2) is 0 Å². The number of hydrogen-bond donors (Lipinski definition) is 1. The minimum absolute atomic E-state index is 0.214. The van der Waals surface area contributed by atoms with Crippen LogP contribution in [0.1, 0.15) is 32.8 Å². The molecule has 1 aromatic rings. The molecule has 110 valence electrons. The lowest BCUT2D eigenvalue weighted by atomic mass is 9.79. The lowest BCUT2D eigenvalue weighted by molar-refractivity contribution is -0.161. The van der Waals surface area contributed by atoms with Crippen molar-refractivity contribution < 1.29 is 9.53 Å². The fourth-order valence-corrected chi connectivity index (χ4v) is 2.70. The molecular formula is C15H19Cl2NO2. The van der Waals surface area contributed by atoms with E-state index >= 15 is 0 Å². The summed E-state index contributed by atoms with van der Waals surface area (Å²) >= 11 is 12.0. The Hall–Kier alpha value is -0.770. The van der Waals surface area contributed by atoms with Crippen LogP contribution in [0.5, 0.6) is 0 Å². The molecule has 1 aromatic carbocycles. The largest absolute Gasteiger partial charge is 0.459 e. The maximum Gasteiger partial charge on any atom is 0.318 e. The van der Waals surface area contributed by atoms with Gasteiger partial charge in [-0.1, -0.05) is 29.3 Å². The zero-order valence-corrected chi connectivity index (χ0v) is 13.4. The molecule has 0 saturated carbocycles. The number of hydrogen-bond acceptors (Lipinski definition) is 3. The van der Waals surface area contributed by atoms with Gasteiger partial charge in [-0.3, -0.25) is 4.79 Å². The molecule has 1 aliphatic heterocycles. The first-order chi connectivity index (χ1) is 9.24. The SMILES string of the molecule is CC(C)(C)OC(=O)C1(c2ccc(Cl)c(Cl)c2)CCNC1. The van der Waals surface area contributed by atoms with Crippen molar-refractivity contribution in [3.05, 3.63) is 33.8 Å². The van der Waals surface area contributed by atoms with Crippen LogP contribution in [0, 0.1) is 0 Å². The van der Waals surface area contributed by atoms with E-state index in [4.69, 9.17) is 27.9 Å². The fraction of sp³-hybridized carbons (Fsp3) is 0.533. The topological polar surface area (TPSA) is 38.3 Å². The third kappa shape index (κ3) is 3.11. The smallest absolute Gasteiger partial charge is 0.318 e. The van der Waals surface area contributed by atoms with E-state index in [0.717, 1.165) is 12.1 Å². The van der Waals surface area contributed by atoms with Gasteiger partial charge in [0.25, 0.3) is 0 Å². The van der Waals surface area contributed by atoms with Crippen molar-refractivity contribution in [1.82, 2.24) is 5.32 Å². The second-order valence-corrected chi connectivity index (χ2v) is 6.95. The van der Waals surface area contributed by atoms with Crippen molar-refractivity contribution in [2.45, 2.75) is 38.2 Å². The zero-order chi connectivity index (χ0) is 15.0. The second kappa shape index (κ2) is 5.55. The molecule has 1 aliphatic rings. The van der Waals surface area contributed by atoms with Crippen LogP contribution in [0.2, 0.25) is 10.0 Å². The Morgan fingerprint density at radius 2 is 2.00 bits per heavy atom. The van der Waals surface area contributed by atoms with E-state index < -0.39 is 11.0 Å². The average Bonchev–Trinajstić information content (AvgIpc) is 2.81. The Kier molecular flexibility index (Phi) is 4.33. The van der Waals surface area contributed by atoms with Crippen molar-refractivity contribution in [1.29, 1.82) is 0 Å². The number of carbonyl (C=O) groups excluding carboxylic acids is 1. The summed E-state index contributed by atoms with van der Waals surface area (Å²) in [7, 11) is 0. The standard InChI is InChI=1S/C15H19Cl2NO2/c1-14(2,3)20-13(19)15(6-7-18-9-15)10-4-5-11(16)12(17)8-10/h4-5,8,18H,6-7,9H2,1-3H3. The van der Waals surface area contributed by atoms with Gasteiger partial charge in [0.1, 0.15) is 11.0 Å². The summed E-state index contributed by atoms with van der Waals surface area (Å²) in [5, 5.41) is 4.18. The maximum absolute atomic E-state index is 12.6. The Morgan fingerprint density at radius 1 is 1.30 bits per heavy atom. The number of esters is 1. The van der Waals surface area contributed by atoms with Gasteiger partial charge < -0.3 is 10.1 Å². The van der Waals surface area contributed by atoms with Crippen molar-refractivity contribution in [2.75, 3.05) is 13.1 Å². The number of nitrogens with one attached hydrogen (secondary N) is 1. The molecule has 20 heavy (non-hydrogen) atoms. The van der Waals surface area contributed by atoms with Crippen LogP contribution in [-0.2, 0) is 14.9 Å². The van der Waals surface area contributed by atoms with E-state index in [9.17, 15) is 4.79 Å². The Morgan fingerprint density at radius 3 is 2.50 bits per heavy atom. The van der Waals surface area contributed by atoms with E-state index in [1.807, 2.05) is 26.8 Å². The van der Waals surface area contributed by atoms with Crippen LogP contribution in [0.15, 0.2) is 18.2 Å². The predicted molar refractivity (Wildman–Crippen MR) is 81.5 cm³/mol. The summed E-state index contributed by atoms with van der Waals surface area (Å²) in [5.74, 6) is -0.214. The van der Waals surface area contributed by atoms with Crippen LogP contribution >= 0.6 is 23.2 Å². The number of carbonyl (C=O) groups is 1. The van der Waals surface area contributed by atoms with Crippen LogP contribution in [0.4, 0.5) is 0 Å². The zero-order valence-electron chi connectivity index (χ0n) is 11.9. The molecule has 0 amide bonds. The molecule has 0 bridgehead atoms. The van der Waals surface area contributed by atoms with Gasteiger partial charge in [0, 0.05) is 6.54 Å². The first kappa shape index (κ1) is 15.6. The average molecular weight is 316 g/mol. The Bertz CT molecular complexity index is 517. The van der Waals surface area contributed by atoms with Gasteiger partial charge in [0.05, 0.1) is 10.0 Å². The lowest BCUT2D eigenvalue weighted by Gasteiger charge is -2.31. The van der Waals surface area contributed by atoms with Crippen LogP contribution in [0.3, 0.4) is 0 Å². The van der Waals surface area contributed by atoms with Gasteiger partial charge in [-0.05, 0) is 51.4 Å². The first-order valence-corrected chi connectivity index (χ1v) is 7.40. The molecule has 3 nitrogen and oxygen atoms in total. The molecule has 0 aromatic heterocycles. The molecule has 5 heteroatoms. The summed E-state index contributed by atoms with van der Waals surface area (Å²) in [6.45, 7) is 6.95. The van der Waals surface area contributed by atoms with Crippen LogP contribution in [-0.4, -0.2) is 24.7 Å². The fourth-order valence-electron chi connectivity index (χ4n) is 2.40. The minimum atomic E-state index is -0.679. The maximum atomic E-state index is 12.6. The van der Waals surface area contributed by atoms with Crippen molar-refractivity contribution in [2.24, 2.45) is 0 Å². The lowest BCUT2D eigenvalue weighted by Crippen LogP contribution is -2.42. The van der Waals surface area contributed by atoms with Gasteiger partial charge in [0.2, 0.25) is 0 Å². The second-order valence-electron chi connectivity index (χ2n) is 6.14. The quantitative estimate of drug-likeness (QED) is 0.848. The van der Waals surface area contributed by atoms with E-state index in [1.54, 1.807) is 12.1 Å². The van der Waals surface area contributed by atoms with E-state index in [-0.39, 0.29) is 5.97 Å². The number of halogens is 2. The molecule has 1 saturated heterocycles. The molecule has 1 N–H and O–H groups in total. The highest BCUT2D eigenvalue weighted by atomic mass is 35.5. The van der Waals surface area contributed by atoms with Crippen molar-refractivity contribution in [3.63, 3.8) is 0 Å². The molecule has 1 fully saturated rings. The summed E-state index contributed by atoms with van der Waals surface area (Å²) in [5.41, 5.74) is -0.337. The monoisotopic (exact) mass is 315 g/mol. The van der Waals surface area contributed by atoms with E-state index in [0.29, 0.717) is 23.0 Å². The van der Waals surface area contributed by atoms with Gasteiger partial charge in [0.15, 0.2) is 0 Å². The van der Waals surface area contributed by atoms with E-state index in [2.05, 4.69) is 5.32 Å².